The summed E-state index contributed by atoms with van der Waals surface area (Å²) < 4.78 is 1.13. The molecular weight excluding hydrogens is 288 g/mol. The molecule has 0 radical (unpaired) electrons. The van der Waals surface area contributed by atoms with Crippen molar-refractivity contribution in [3.63, 3.8) is 0 Å². The molecule has 3 heteroatoms. The van der Waals surface area contributed by atoms with Gasteiger partial charge in [0.05, 0.1) is 0 Å². The number of rotatable bonds is 2. The van der Waals surface area contributed by atoms with Crippen molar-refractivity contribution in [1.29, 1.82) is 0 Å². The van der Waals surface area contributed by atoms with E-state index >= 15 is 0 Å². The smallest absolute Gasteiger partial charge is 0.0380 e. The standard InChI is InChI=1S/C15H23BrN2/c1-10-4-5-11(2)18(9-10)13-6-7-14(12(3)17)15(16)8-13/h6-8,10-12H,4-5,9,17H2,1-3H3. The maximum absolute atomic E-state index is 5.95. The fourth-order valence-corrected chi connectivity index (χ4v) is 3.44. The van der Waals surface area contributed by atoms with Gasteiger partial charge in [0.2, 0.25) is 0 Å². The third-order valence-electron chi connectivity index (χ3n) is 3.92. The van der Waals surface area contributed by atoms with Gasteiger partial charge in [0.25, 0.3) is 0 Å². The summed E-state index contributed by atoms with van der Waals surface area (Å²) in [6, 6.07) is 7.28. The van der Waals surface area contributed by atoms with Gasteiger partial charge in [0.1, 0.15) is 0 Å². The van der Waals surface area contributed by atoms with E-state index in [0.29, 0.717) is 6.04 Å². The molecule has 1 aliphatic rings. The summed E-state index contributed by atoms with van der Waals surface area (Å²) in [6.45, 7) is 7.83. The lowest BCUT2D eigenvalue weighted by molar-refractivity contribution is 0.390. The Morgan fingerprint density at radius 3 is 2.67 bits per heavy atom. The summed E-state index contributed by atoms with van der Waals surface area (Å²) in [5, 5.41) is 0. The zero-order valence-corrected chi connectivity index (χ0v) is 13.1. The van der Waals surface area contributed by atoms with E-state index in [1.807, 2.05) is 6.92 Å². The van der Waals surface area contributed by atoms with Crippen LogP contribution in [0.3, 0.4) is 0 Å². The van der Waals surface area contributed by atoms with E-state index < -0.39 is 0 Å². The summed E-state index contributed by atoms with van der Waals surface area (Å²) in [5.41, 5.74) is 8.44. The van der Waals surface area contributed by atoms with E-state index in [4.69, 9.17) is 5.73 Å². The lowest BCUT2D eigenvalue weighted by Crippen LogP contribution is -2.41. The van der Waals surface area contributed by atoms with Crippen LogP contribution in [0.15, 0.2) is 22.7 Å². The number of nitrogens with two attached hydrogens (primary N) is 1. The summed E-state index contributed by atoms with van der Waals surface area (Å²) in [4.78, 5) is 2.52. The molecule has 0 amide bonds. The largest absolute Gasteiger partial charge is 0.369 e. The lowest BCUT2D eigenvalue weighted by atomic mass is 9.94. The predicted molar refractivity (Wildman–Crippen MR) is 82.0 cm³/mol. The summed E-state index contributed by atoms with van der Waals surface area (Å²) in [7, 11) is 0. The Balaban J connectivity index is 2.25. The lowest BCUT2D eigenvalue weighted by Gasteiger charge is -2.38. The van der Waals surface area contributed by atoms with Gasteiger partial charge in [0, 0.05) is 28.8 Å². The number of piperidine rings is 1. The maximum Gasteiger partial charge on any atom is 0.0380 e. The third-order valence-corrected chi connectivity index (χ3v) is 4.61. The number of halogens is 1. The molecule has 18 heavy (non-hydrogen) atoms. The quantitative estimate of drug-likeness (QED) is 0.891. The fraction of sp³-hybridized carbons (Fsp3) is 0.600. The minimum atomic E-state index is 0.0751. The van der Waals surface area contributed by atoms with Crippen LogP contribution in [-0.4, -0.2) is 12.6 Å². The van der Waals surface area contributed by atoms with Gasteiger partial charge < -0.3 is 10.6 Å². The molecule has 1 fully saturated rings. The first-order chi connectivity index (χ1) is 8.49. The van der Waals surface area contributed by atoms with Crippen molar-refractivity contribution in [2.24, 2.45) is 11.7 Å². The molecule has 3 atom stereocenters. The highest BCUT2D eigenvalue weighted by Crippen LogP contribution is 2.32. The van der Waals surface area contributed by atoms with Gasteiger partial charge in [-0.1, -0.05) is 28.9 Å². The molecule has 1 aromatic rings. The second-order valence-electron chi connectivity index (χ2n) is 5.68. The van der Waals surface area contributed by atoms with Crippen LogP contribution in [0.2, 0.25) is 0 Å². The van der Waals surface area contributed by atoms with Crippen LogP contribution in [0, 0.1) is 5.92 Å². The first-order valence-corrected chi connectivity index (χ1v) is 7.60. The summed E-state index contributed by atoms with van der Waals surface area (Å²) >= 11 is 3.64. The van der Waals surface area contributed by atoms with Gasteiger partial charge in [0.15, 0.2) is 0 Å². The highest BCUT2D eigenvalue weighted by Gasteiger charge is 2.23. The van der Waals surface area contributed by atoms with Crippen LogP contribution in [0.4, 0.5) is 5.69 Å². The van der Waals surface area contributed by atoms with Crippen molar-refractivity contribution in [3.8, 4) is 0 Å². The predicted octanol–water partition coefficient (Wildman–Crippen LogP) is 4.09. The molecule has 2 N–H and O–H groups in total. The number of anilines is 1. The molecule has 3 unspecified atom stereocenters. The molecule has 100 valence electrons. The van der Waals surface area contributed by atoms with Gasteiger partial charge in [-0.25, -0.2) is 0 Å². The first kappa shape index (κ1) is 13.9. The normalized spacial score (nSPS) is 26.2. The van der Waals surface area contributed by atoms with Gasteiger partial charge in [-0.3, -0.25) is 0 Å². The second-order valence-corrected chi connectivity index (χ2v) is 6.53. The highest BCUT2D eigenvalue weighted by atomic mass is 79.9. The maximum atomic E-state index is 5.95. The van der Waals surface area contributed by atoms with Crippen molar-refractivity contribution < 1.29 is 0 Å². The number of nitrogens with zero attached hydrogens (tertiary/aromatic N) is 1. The second kappa shape index (κ2) is 5.62. The van der Waals surface area contributed by atoms with E-state index in [9.17, 15) is 0 Å². The number of hydrogen-bond donors (Lipinski definition) is 1. The number of hydrogen-bond acceptors (Lipinski definition) is 2. The Bertz CT molecular complexity index is 417. The molecule has 0 aliphatic carbocycles. The molecule has 0 spiro atoms. The average Bonchev–Trinajstić information content (AvgIpc) is 2.31. The molecule has 1 aliphatic heterocycles. The van der Waals surface area contributed by atoms with Gasteiger partial charge in [-0.05, 0) is 50.3 Å². The van der Waals surface area contributed by atoms with E-state index in [0.717, 1.165) is 16.9 Å². The van der Waals surface area contributed by atoms with Gasteiger partial charge in [-0.2, -0.15) is 0 Å². The summed E-state index contributed by atoms with van der Waals surface area (Å²) in [5.74, 6) is 0.785. The van der Waals surface area contributed by atoms with E-state index in [1.165, 1.54) is 24.1 Å². The molecular formula is C15H23BrN2. The molecule has 1 heterocycles. The van der Waals surface area contributed by atoms with Crippen molar-refractivity contribution in [3.05, 3.63) is 28.2 Å². The van der Waals surface area contributed by atoms with Crippen LogP contribution in [-0.2, 0) is 0 Å². The minimum Gasteiger partial charge on any atom is -0.369 e. The number of benzene rings is 1. The molecule has 0 bridgehead atoms. The third kappa shape index (κ3) is 2.89. The van der Waals surface area contributed by atoms with Crippen LogP contribution in [0.25, 0.3) is 0 Å². The van der Waals surface area contributed by atoms with Gasteiger partial charge in [-0.15, -0.1) is 0 Å². The molecule has 0 saturated carbocycles. The zero-order chi connectivity index (χ0) is 13.3. The van der Waals surface area contributed by atoms with Crippen molar-refractivity contribution >= 4 is 21.6 Å². The Labute approximate surface area is 119 Å². The molecule has 2 rings (SSSR count). The fourth-order valence-electron chi connectivity index (χ4n) is 2.71. The van der Waals surface area contributed by atoms with Gasteiger partial charge >= 0.3 is 0 Å². The van der Waals surface area contributed by atoms with Crippen molar-refractivity contribution in [1.82, 2.24) is 0 Å². The SMILES string of the molecule is CC1CCC(C)N(c2ccc(C(C)N)c(Br)c2)C1. The average molecular weight is 311 g/mol. The van der Waals surface area contributed by atoms with Crippen LogP contribution in [0.5, 0.6) is 0 Å². The van der Waals surface area contributed by atoms with Crippen molar-refractivity contribution in [2.45, 2.75) is 45.7 Å². The van der Waals surface area contributed by atoms with E-state index in [-0.39, 0.29) is 6.04 Å². The molecule has 1 saturated heterocycles. The monoisotopic (exact) mass is 310 g/mol. The Morgan fingerprint density at radius 2 is 2.06 bits per heavy atom. The summed E-state index contributed by atoms with van der Waals surface area (Å²) in [6.07, 6.45) is 2.63. The molecule has 2 nitrogen and oxygen atoms in total. The van der Waals surface area contributed by atoms with Crippen molar-refractivity contribution in [2.75, 3.05) is 11.4 Å². The minimum absolute atomic E-state index is 0.0751. The van der Waals surface area contributed by atoms with E-state index in [2.05, 4.69) is 52.9 Å². The Kier molecular flexibility index (Phi) is 4.33. The molecule has 1 aromatic carbocycles. The molecule has 0 aromatic heterocycles. The zero-order valence-electron chi connectivity index (χ0n) is 11.5. The van der Waals surface area contributed by atoms with Crippen LogP contribution >= 0.6 is 15.9 Å². The van der Waals surface area contributed by atoms with Crippen LogP contribution in [0.1, 0.15) is 45.2 Å². The highest BCUT2D eigenvalue weighted by molar-refractivity contribution is 9.10. The Morgan fingerprint density at radius 1 is 1.33 bits per heavy atom. The first-order valence-electron chi connectivity index (χ1n) is 6.80. The topological polar surface area (TPSA) is 29.3 Å². The van der Waals surface area contributed by atoms with E-state index in [1.54, 1.807) is 0 Å². The van der Waals surface area contributed by atoms with Crippen LogP contribution < -0.4 is 10.6 Å². The Hall–Kier alpha value is -0.540.